The molecule has 0 saturated carbocycles. The van der Waals surface area contributed by atoms with Crippen LogP contribution in [0.1, 0.15) is 36.6 Å². The maximum Gasteiger partial charge on any atom is 0.155 e. The predicted octanol–water partition coefficient (Wildman–Crippen LogP) is 4.91. The minimum atomic E-state index is 0.517. The number of anilines is 1. The first kappa shape index (κ1) is 19.2. The number of nitrogens with zero attached hydrogens (tertiary/aromatic N) is 3. The molecule has 1 saturated heterocycles. The lowest BCUT2D eigenvalue weighted by molar-refractivity contribution is 0.209. The van der Waals surface area contributed by atoms with E-state index in [2.05, 4.69) is 65.0 Å². The van der Waals surface area contributed by atoms with Crippen molar-refractivity contribution < 1.29 is 9.15 Å². The number of aromatic nitrogens is 1. The number of rotatable bonds is 3. The summed E-state index contributed by atoms with van der Waals surface area (Å²) in [6.45, 7) is 13.4. The lowest BCUT2D eigenvalue weighted by Gasteiger charge is -2.38. The summed E-state index contributed by atoms with van der Waals surface area (Å²) in [6, 6.07) is 11.3. The topological polar surface area (TPSA) is 41.7 Å². The summed E-state index contributed by atoms with van der Waals surface area (Å²) in [5, 5.41) is 1.09. The molecule has 156 valence electrons. The smallest absolute Gasteiger partial charge is 0.155 e. The molecule has 0 bridgehead atoms. The number of ether oxygens (including phenoxy) is 1. The predicted molar refractivity (Wildman–Crippen MR) is 122 cm³/mol. The molecular weight excluding hydrogens is 374 g/mol. The summed E-state index contributed by atoms with van der Waals surface area (Å²) in [5.41, 5.74) is 6.21. The van der Waals surface area contributed by atoms with Crippen molar-refractivity contribution in [1.29, 1.82) is 0 Å². The zero-order valence-electron chi connectivity index (χ0n) is 18.2. The number of hydrogen-bond acceptors (Lipinski definition) is 5. The average Bonchev–Trinajstić information content (AvgIpc) is 3.17. The van der Waals surface area contributed by atoms with Crippen LogP contribution < -0.4 is 9.64 Å². The Kier molecular flexibility index (Phi) is 4.78. The van der Waals surface area contributed by atoms with Crippen LogP contribution in [0.4, 0.5) is 5.69 Å². The lowest BCUT2D eigenvalue weighted by Crippen LogP contribution is -2.48. The fourth-order valence-electron chi connectivity index (χ4n) is 4.51. The van der Waals surface area contributed by atoms with Crippen LogP contribution >= 0.6 is 0 Å². The van der Waals surface area contributed by atoms with Crippen molar-refractivity contribution in [2.45, 2.75) is 33.7 Å². The normalized spacial score (nSPS) is 17.2. The van der Waals surface area contributed by atoms with E-state index < -0.39 is 0 Å². The molecule has 4 heterocycles. The molecule has 5 nitrogen and oxygen atoms in total. The Hall–Kier alpha value is -2.79. The molecule has 0 N–H and O–H groups in total. The quantitative estimate of drug-likeness (QED) is 0.622. The molecule has 3 aromatic rings. The fourth-order valence-corrected chi connectivity index (χ4v) is 4.51. The Morgan fingerprint density at radius 2 is 1.80 bits per heavy atom. The standard InChI is InChI=1S/C25H29N3O2/c1-16(2)27-7-9-28(10-8-27)22-6-5-19-12-21(15-29-23(19)14-22)24-13-20-11-17(3)26-18(4)25(20)30-24/h5-6,11-14,16H,7-10,15H2,1-4H3. The number of fused-ring (bicyclic) bond motifs is 2. The van der Waals surface area contributed by atoms with Gasteiger partial charge in [0.05, 0.1) is 5.69 Å². The van der Waals surface area contributed by atoms with Gasteiger partial charge in [0.15, 0.2) is 5.58 Å². The van der Waals surface area contributed by atoms with E-state index in [9.17, 15) is 0 Å². The number of hydrogen-bond donors (Lipinski definition) is 0. The second kappa shape index (κ2) is 7.47. The van der Waals surface area contributed by atoms with Crippen molar-refractivity contribution in [2.24, 2.45) is 0 Å². The van der Waals surface area contributed by atoms with E-state index >= 15 is 0 Å². The minimum Gasteiger partial charge on any atom is -0.488 e. The summed E-state index contributed by atoms with van der Waals surface area (Å²) in [6.07, 6.45) is 2.19. The monoisotopic (exact) mass is 403 g/mol. The third kappa shape index (κ3) is 3.47. The van der Waals surface area contributed by atoms with Crippen LogP contribution in [-0.4, -0.2) is 48.7 Å². The zero-order valence-corrected chi connectivity index (χ0v) is 18.2. The van der Waals surface area contributed by atoms with Crippen LogP contribution in [0.3, 0.4) is 0 Å². The Morgan fingerprint density at radius 1 is 1.00 bits per heavy atom. The molecule has 2 aliphatic heterocycles. The number of piperazine rings is 1. The summed E-state index contributed by atoms with van der Waals surface area (Å²) in [4.78, 5) is 9.50. The van der Waals surface area contributed by atoms with Crippen LogP contribution in [0.2, 0.25) is 0 Å². The summed E-state index contributed by atoms with van der Waals surface area (Å²) >= 11 is 0. The maximum absolute atomic E-state index is 6.15. The van der Waals surface area contributed by atoms with E-state index in [1.807, 2.05) is 13.8 Å². The van der Waals surface area contributed by atoms with E-state index in [0.717, 1.165) is 71.2 Å². The number of aryl methyl sites for hydroxylation is 2. The van der Waals surface area contributed by atoms with Crippen molar-refractivity contribution in [1.82, 2.24) is 9.88 Å². The fraction of sp³-hybridized carbons (Fsp3) is 0.400. The summed E-state index contributed by atoms with van der Waals surface area (Å²) in [7, 11) is 0. The van der Waals surface area contributed by atoms with Crippen LogP contribution in [0, 0.1) is 13.8 Å². The van der Waals surface area contributed by atoms with Crippen molar-refractivity contribution >= 4 is 28.3 Å². The molecule has 1 fully saturated rings. The summed E-state index contributed by atoms with van der Waals surface area (Å²) < 4.78 is 12.3. The van der Waals surface area contributed by atoms with Gasteiger partial charge in [-0.25, -0.2) is 0 Å². The van der Waals surface area contributed by atoms with Crippen LogP contribution in [0.25, 0.3) is 22.6 Å². The largest absolute Gasteiger partial charge is 0.488 e. The van der Waals surface area contributed by atoms with Gasteiger partial charge in [0.2, 0.25) is 0 Å². The van der Waals surface area contributed by atoms with E-state index in [1.54, 1.807) is 0 Å². The van der Waals surface area contributed by atoms with Gasteiger partial charge in [-0.2, -0.15) is 0 Å². The first-order valence-electron chi connectivity index (χ1n) is 10.8. The highest BCUT2D eigenvalue weighted by atomic mass is 16.5. The third-order valence-corrected chi connectivity index (χ3v) is 6.23. The van der Waals surface area contributed by atoms with Crippen LogP contribution in [-0.2, 0) is 0 Å². The van der Waals surface area contributed by atoms with Crippen molar-refractivity contribution in [3.8, 4) is 5.75 Å². The van der Waals surface area contributed by atoms with Gasteiger partial charge in [0.25, 0.3) is 0 Å². The average molecular weight is 404 g/mol. The van der Waals surface area contributed by atoms with Gasteiger partial charge >= 0.3 is 0 Å². The molecule has 5 heteroatoms. The molecule has 0 unspecified atom stereocenters. The Bertz CT molecular complexity index is 1120. The van der Waals surface area contributed by atoms with Gasteiger partial charge in [0, 0.05) is 66.2 Å². The van der Waals surface area contributed by atoms with Gasteiger partial charge in [0.1, 0.15) is 18.1 Å². The molecule has 0 atom stereocenters. The van der Waals surface area contributed by atoms with E-state index in [4.69, 9.17) is 9.15 Å². The molecule has 0 spiro atoms. The second-order valence-electron chi connectivity index (χ2n) is 8.68. The SMILES string of the molecule is Cc1cc2cc(C3=Cc4ccc(N5CCN(C(C)C)CC5)cc4OC3)oc2c(C)n1. The summed E-state index contributed by atoms with van der Waals surface area (Å²) in [5.74, 6) is 1.81. The lowest BCUT2D eigenvalue weighted by atomic mass is 10.0. The highest BCUT2D eigenvalue weighted by Gasteiger charge is 2.22. The third-order valence-electron chi connectivity index (χ3n) is 6.23. The molecule has 5 rings (SSSR count). The van der Waals surface area contributed by atoms with Crippen LogP contribution in [0.5, 0.6) is 5.75 Å². The first-order valence-corrected chi connectivity index (χ1v) is 10.8. The van der Waals surface area contributed by atoms with Crippen molar-refractivity contribution in [3.63, 3.8) is 0 Å². The Labute approximate surface area is 177 Å². The molecule has 1 aromatic carbocycles. The van der Waals surface area contributed by atoms with E-state index in [1.165, 1.54) is 5.69 Å². The van der Waals surface area contributed by atoms with Gasteiger partial charge in [-0.15, -0.1) is 0 Å². The Balaban J connectivity index is 1.39. The zero-order chi connectivity index (χ0) is 20.8. The molecule has 0 aliphatic carbocycles. The molecule has 2 aromatic heterocycles. The van der Waals surface area contributed by atoms with Gasteiger partial charge in [-0.05, 0) is 58.0 Å². The van der Waals surface area contributed by atoms with Gasteiger partial charge < -0.3 is 14.1 Å². The molecule has 30 heavy (non-hydrogen) atoms. The molecular formula is C25H29N3O2. The molecule has 0 amide bonds. The maximum atomic E-state index is 6.15. The number of pyridine rings is 1. The second-order valence-corrected chi connectivity index (χ2v) is 8.68. The van der Waals surface area contributed by atoms with Gasteiger partial charge in [-0.1, -0.05) is 0 Å². The molecule has 2 aliphatic rings. The highest BCUT2D eigenvalue weighted by molar-refractivity contribution is 5.90. The Morgan fingerprint density at radius 3 is 2.57 bits per heavy atom. The number of furan rings is 1. The minimum absolute atomic E-state index is 0.517. The van der Waals surface area contributed by atoms with E-state index in [-0.39, 0.29) is 0 Å². The number of benzene rings is 1. The van der Waals surface area contributed by atoms with Gasteiger partial charge in [-0.3, -0.25) is 9.88 Å². The highest BCUT2D eigenvalue weighted by Crippen LogP contribution is 2.36. The van der Waals surface area contributed by atoms with Crippen molar-refractivity contribution in [2.75, 3.05) is 37.7 Å². The van der Waals surface area contributed by atoms with E-state index in [0.29, 0.717) is 12.6 Å². The van der Waals surface area contributed by atoms with Crippen LogP contribution in [0.15, 0.2) is 34.7 Å². The molecule has 0 radical (unpaired) electrons. The van der Waals surface area contributed by atoms with Crippen molar-refractivity contribution in [3.05, 3.63) is 53.0 Å². The first-order chi connectivity index (χ1) is 14.5.